The number of nitrogens with zero attached hydrogens (tertiary/aromatic N) is 29. The van der Waals surface area contributed by atoms with E-state index in [9.17, 15) is 0 Å². The van der Waals surface area contributed by atoms with Crippen molar-refractivity contribution in [2.45, 2.75) is 57.7 Å². The lowest BCUT2D eigenvalue weighted by Gasteiger charge is -2.34. The number of H-pyrrole nitrogens is 1. The van der Waals surface area contributed by atoms with Crippen LogP contribution in [0.1, 0.15) is 57.7 Å². The molecule has 9 N–H and O–H groups in total. The highest BCUT2D eigenvalue weighted by molar-refractivity contribution is 9.10. The molecule has 6 aliphatic rings. The van der Waals surface area contributed by atoms with Crippen LogP contribution in [-0.4, -0.2) is 250 Å². The molecule has 0 spiro atoms. The van der Waals surface area contributed by atoms with E-state index in [1.807, 2.05) is 18.7 Å². The van der Waals surface area contributed by atoms with Crippen LogP contribution in [0.3, 0.4) is 0 Å². The molecule has 2 unspecified atom stereocenters. The van der Waals surface area contributed by atoms with Gasteiger partial charge in [-0.2, -0.15) is 19.9 Å². The van der Waals surface area contributed by atoms with Crippen LogP contribution in [0.2, 0.25) is 0 Å². The Bertz CT molecular complexity index is 5640. The number of ether oxygens (including phenoxy) is 4. The van der Waals surface area contributed by atoms with Crippen molar-refractivity contribution in [3.05, 3.63) is 134 Å². The van der Waals surface area contributed by atoms with E-state index >= 15 is 0 Å². The maximum atomic E-state index is 5.77. The molecule has 20 rings (SSSR count). The second-order valence-corrected chi connectivity index (χ2v) is 29.1. The Hall–Kier alpha value is -12.7. The maximum absolute atomic E-state index is 5.77. The molecular weight excluding hydrogens is 1540 g/mol. The van der Waals surface area contributed by atoms with Crippen LogP contribution in [0.4, 0.5) is 58.4 Å². The van der Waals surface area contributed by atoms with Gasteiger partial charge in [0.2, 0.25) is 23.8 Å². The SMILES string of the molecule is CCC(C)n1c(Br)nc2c(-c3cnc(N)cn3)nc(N3CCOCC3)nc21.Nc1cnc(-c2nc(N3CCOCC3)nc3c2ncn3C2CCN(c3ccccc3)C2)cn1.Nc1cnc(-c2nc(N3CCOCC3)nc3c2ncn3C2CCN(c3ccccc3)CC2)cn1.Nc1cnc(-c2nc(N3CCOCC3)nc3nc[nH]c23)cn1. The first-order valence-corrected chi connectivity index (χ1v) is 39.6. The second kappa shape index (κ2) is 34.5. The van der Waals surface area contributed by atoms with E-state index in [1.54, 1.807) is 43.5 Å². The van der Waals surface area contributed by atoms with Crippen molar-refractivity contribution in [2.24, 2.45) is 0 Å². The summed E-state index contributed by atoms with van der Waals surface area (Å²) in [6.45, 7) is 19.5. The third-order valence-electron chi connectivity index (χ3n) is 21.1. The summed E-state index contributed by atoms with van der Waals surface area (Å²) in [4.78, 5) is 108. The van der Waals surface area contributed by atoms with Crippen molar-refractivity contribution in [1.29, 1.82) is 0 Å². The number of para-hydroxylation sites is 2. The van der Waals surface area contributed by atoms with Gasteiger partial charge in [0, 0.05) is 102 Å². The molecule has 6 fully saturated rings. The molecule has 0 saturated carbocycles. The summed E-state index contributed by atoms with van der Waals surface area (Å²) < 4.78 is 29.1. The molecule has 12 aromatic heterocycles. The molecule has 2 aromatic carbocycles. The van der Waals surface area contributed by atoms with Crippen molar-refractivity contribution < 1.29 is 18.9 Å². The summed E-state index contributed by atoms with van der Waals surface area (Å²) in [5.41, 5.74) is 36.4. The van der Waals surface area contributed by atoms with E-state index in [1.165, 1.54) is 23.8 Å². The summed E-state index contributed by atoms with van der Waals surface area (Å²) in [5, 5.41) is 0. The molecule has 0 radical (unpaired) electrons. The largest absolute Gasteiger partial charge is 0.382 e. The Morgan fingerprint density at radius 1 is 0.397 bits per heavy atom. The molecule has 116 heavy (non-hydrogen) atoms. The fourth-order valence-corrected chi connectivity index (χ4v) is 15.4. The van der Waals surface area contributed by atoms with Crippen LogP contribution in [0, 0.1) is 0 Å². The first-order chi connectivity index (χ1) is 56.9. The maximum Gasteiger partial charge on any atom is 0.228 e. The van der Waals surface area contributed by atoms with E-state index in [2.05, 4.69) is 192 Å². The number of nitrogen functional groups attached to an aromatic ring is 4. The van der Waals surface area contributed by atoms with Gasteiger partial charge in [0.1, 0.15) is 90.9 Å². The van der Waals surface area contributed by atoms with Crippen molar-refractivity contribution in [3.63, 3.8) is 0 Å². The fourth-order valence-electron chi connectivity index (χ4n) is 14.7. The van der Waals surface area contributed by atoms with Crippen LogP contribution in [0.5, 0.6) is 0 Å². The molecule has 6 aliphatic heterocycles. The predicted molar refractivity (Wildman–Crippen MR) is 443 cm³/mol. The van der Waals surface area contributed by atoms with Gasteiger partial charge in [0.05, 0.1) is 127 Å². The first-order valence-electron chi connectivity index (χ1n) is 38.8. The minimum atomic E-state index is 0.238. The normalized spacial score (nSPS) is 17.1. The third-order valence-corrected chi connectivity index (χ3v) is 21.7. The van der Waals surface area contributed by atoms with Crippen molar-refractivity contribution in [1.82, 2.24) is 118 Å². The van der Waals surface area contributed by atoms with Crippen LogP contribution in [0.15, 0.2) is 134 Å². The third kappa shape index (κ3) is 16.5. The van der Waals surface area contributed by atoms with E-state index < -0.39 is 0 Å². The van der Waals surface area contributed by atoms with Gasteiger partial charge < -0.3 is 90.0 Å². The lowest BCUT2D eigenvalue weighted by Crippen LogP contribution is -2.37. The summed E-state index contributed by atoms with van der Waals surface area (Å²) in [7, 11) is 0. The standard InChI is InChI=1S/C24H27N9O.C23H25N9O.C17H21BrN8O.C13H14N8O/c25-20-15-26-19(14-27-20)21-22-23(30-24(29-21)32-10-12-34-13-11-32)33(16-28-22)18-6-8-31(9-7-18)17-4-2-1-3-5-17;24-19-13-25-18(12-26-19)20-21-22(29-23(28-20)30-8-10-33-11-9-30)32(15-27-21)17-6-7-31(14-17)16-4-2-1-3-5-16;1-3-10(2)26-15-14(22-16(26)18)13(11-8-21-12(19)9-20-11)23-17(24-15)25-4-6-27-7-5-25;14-9-6-15-8(5-16-9)10-11-12(18-7-17-11)20-13(19-10)21-1-3-22-4-2-21/h1-5,14-16,18H,6-13H2,(H2,25,27);1-5,12-13,15,17H,6-11,14H2,(H2,24,26);8-10H,3-7H2,1-2H3,(H2,19,21);5-7H,1-4H2,(H2,14,16)(H,17,18,19,20). The molecule has 38 nitrogen and oxygen atoms in total. The number of hydrogen-bond donors (Lipinski definition) is 5. The highest BCUT2D eigenvalue weighted by Gasteiger charge is 2.32. The van der Waals surface area contributed by atoms with Crippen molar-refractivity contribution >= 4 is 119 Å². The van der Waals surface area contributed by atoms with Crippen LogP contribution < -0.4 is 52.3 Å². The zero-order valence-electron chi connectivity index (χ0n) is 64.1. The number of aromatic amines is 1. The van der Waals surface area contributed by atoms with E-state index in [0.29, 0.717) is 163 Å². The number of hydrogen-bond acceptors (Lipinski definition) is 34. The van der Waals surface area contributed by atoms with Crippen LogP contribution in [0.25, 0.3) is 90.2 Å². The number of imidazole rings is 4. The van der Waals surface area contributed by atoms with E-state index in [4.69, 9.17) is 81.8 Å². The minimum absolute atomic E-state index is 0.238. The van der Waals surface area contributed by atoms with Gasteiger partial charge in [-0.1, -0.05) is 43.3 Å². The minimum Gasteiger partial charge on any atom is -0.382 e. The molecule has 0 bridgehead atoms. The fraction of sp³-hybridized carbons (Fsp3) is 0.377. The molecule has 0 amide bonds. The molecule has 39 heteroatoms. The number of piperidine rings is 1. The number of morpholine rings is 4. The molecule has 0 aliphatic carbocycles. The van der Waals surface area contributed by atoms with Crippen molar-refractivity contribution in [3.8, 4) is 45.6 Å². The number of fused-ring (bicyclic) bond motifs is 4. The molecule has 18 heterocycles. The van der Waals surface area contributed by atoms with E-state index in [-0.39, 0.29) is 12.1 Å². The highest BCUT2D eigenvalue weighted by atomic mass is 79.9. The van der Waals surface area contributed by atoms with Gasteiger partial charge >= 0.3 is 0 Å². The number of benzene rings is 2. The lowest BCUT2D eigenvalue weighted by molar-refractivity contribution is 0.122. The second-order valence-electron chi connectivity index (χ2n) is 28.4. The summed E-state index contributed by atoms with van der Waals surface area (Å²) >= 11 is 3.58. The zero-order chi connectivity index (χ0) is 79.0. The number of nitrogens with two attached hydrogens (primary N) is 4. The average molecular weight is 1630 g/mol. The number of anilines is 10. The smallest absolute Gasteiger partial charge is 0.228 e. The summed E-state index contributed by atoms with van der Waals surface area (Å²) in [6, 6.07) is 22.0. The Morgan fingerprint density at radius 3 is 1.21 bits per heavy atom. The lowest BCUT2D eigenvalue weighted by atomic mass is 10.0. The number of nitrogens with one attached hydrogen (secondary N) is 1. The van der Waals surface area contributed by atoms with Crippen LogP contribution >= 0.6 is 15.9 Å². The van der Waals surface area contributed by atoms with Gasteiger partial charge in [0.15, 0.2) is 27.3 Å². The average Bonchev–Trinajstić information content (AvgIpc) is 1.59. The quantitative estimate of drug-likeness (QED) is 0.0663. The van der Waals surface area contributed by atoms with Gasteiger partial charge in [-0.15, -0.1) is 0 Å². The van der Waals surface area contributed by atoms with Gasteiger partial charge in [-0.3, -0.25) is 0 Å². The predicted octanol–water partition coefficient (Wildman–Crippen LogP) is 7.36. The Labute approximate surface area is 673 Å². The number of aromatic nitrogens is 24. The molecular formula is C77H87BrN34O4. The molecule has 2 atom stereocenters. The molecule has 14 aromatic rings. The number of halogens is 1. The van der Waals surface area contributed by atoms with Crippen LogP contribution in [-0.2, 0) is 18.9 Å². The van der Waals surface area contributed by atoms with E-state index in [0.717, 1.165) is 142 Å². The van der Waals surface area contributed by atoms with Gasteiger partial charge in [-0.05, 0) is 72.8 Å². The molecule has 596 valence electrons. The van der Waals surface area contributed by atoms with Gasteiger partial charge in [-0.25, -0.2) is 79.7 Å². The van der Waals surface area contributed by atoms with Gasteiger partial charge in [0.25, 0.3) is 0 Å². The Kier molecular flexibility index (Phi) is 22.6. The first kappa shape index (κ1) is 75.9. The Balaban J connectivity index is 0.000000113. The summed E-state index contributed by atoms with van der Waals surface area (Å²) in [5.74, 6) is 4.09. The van der Waals surface area contributed by atoms with Crippen molar-refractivity contribution in [2.75, 3.05) is 184 Å². The summed E-state index contributed by atoms with van der Waals surface area (Å²) in [6.07, 6.45) is 22.0. The molecule has 6 saturated heterocycles. The monoisotopic (exact) mass is 1630 g/mol. The zero-order valence-corrected chi connectivity index (χ0v) is 65.7. The topological polar surface area (TPSA) is 449 Å². The highest BCUT2D eigenvalue weighted by Crippen LogP contribution is 2.37. The number of rotatable bonds is 14. The Morgan fingerprint density at radius 2 is 0.776 bits per heavy atom.